The summed E-state index contributed by atoms with van der Waals surface area (Å²) in [6.07, 6.45) is -2.46. The molecule has 0 unspecified atom stereocenters. The monoisotopic (exact) mass is 546 g/mol. The molecular weight excluding hydrogens is 508 g/mol. The average Bonchev–Trinajstić information content (AvgIpc) is 2.77. The van der Waals surface area contributed by atoms with Crippen molar-refractivity contribution in [3.8, 4) is 0 Å². The van der Waals surface area contributed by atoms with Crippen LogP contribution in [0.2, 0.25) is 18.1 Å². The van der Waals surface area contributed by atoms with Gasteiger partial charge in [0, 0.05) is 25.7 Å². The van der Waals surface area contributed by atoms with Crippen molar-refractivity contribution in [2.45, 2.75) is 82.5 Å². The van der Waals surface area contributed by atoms with E-state index in [4.69, 9.17) is 23.4 Å². The number of aliphatic hydroxyl groups excluding tert-OH is 1. The van der Waals surface area contributed by atoms with Crippen LogP contribution in [0, 0.1) is 0 Å². The summed E-state index contributed by atoms with van der Waals surface area (Å²) in [5.41, 5.74) is 0.427. The summed E-state index contributed by atoms with van der Waals surface area (Å²) in [4.78, 5) is 12.7. The molecule has 1 N–H and O–H groups in total. The molecule has 188 valence electrons. The van der Waals surface area contributed by atoms with Gasteiger partial charge in [0.2, 0.25) is 0 Å². The predicted molar refractivity (Wildman–Crippen MR) is 133 cm³/mol. The van der Waals surface area contributed by atoms with Crippen LogP contribution in [0.3, 0.4) is 0 Å². The van der Waals surface area contributed by atoms with Crippen LogP contribution in [0.5, 0.6) is 0 Å². The second-order valence-corrected chi connectivity index (χ2v) is 15.3. The van der Waals surface area contributed by atoms with Gasteiger partial charge in [-0.2, -0.15) is 0 Å². The fraction of sp³-hybridized carbons (Fsp3) is 0.708. The molecule has 7 nitrogen and oxygen atoms in total. The number of hydrogen-bond donors (Lipinski definition) is 1. The smallest absolute Gasteiger partial charge is 0.338 e. The number of hydrogen-bond acceptors (Lipinski definition) is 7. The van der Waals surface area contributed by atoms with E-state index in [2.05, 4.69) is 49.8 Å². The van der Waals surface area contributed by atoms with E-state index in [9.17, 15) is 9.90 Å². The van der Waals surface area contributed by atoms with Gasteiger partial charge in [-0.15, -0.1) is 0 Å². The van der Waals surface area contributed by atoms with Crippen LogP contribution in [0.4, 0.5) is 0 Å². The van der Waals surface area contributed by atoms with Gasteiger partial charge in [-0.05, 0) is 43.1 Å². The van der Waals surface area contributed by atoms with E-state index in [0.29, 0.717) is 24.1 Å². The Hall–Kier alpha value is -0.813. The molecule has 1 saturated heterocycles. The first-order valence-electron chi connectivity index (χ1n) is 11.5. The van der Waals surface area contributed by atoms with E-state index in [1.807, 2.05) is 6.07 Å². The number of alkyl halides is 1. The highest BCUT2D eigenvalue weighted by molar-refractivity contribution is 9.09. The van der Waals surface area contributed by atoms with Gasteiger partial charge in [-0.1, -0.05) is 54.9 Å². The van der Waals surface area contributed by atoms with Gasteiger partial charge in [0.15, 0.2) is 20.7 Å². The number of rotatable bonds is 11. The first kappa shape index (κ1) is 28.4. The molecule has 0 spiro atoms. The minimum Gasteiger partial charge on any atom is -0.453 e. The van der Waals surface area contributed by atoms with Crippen LogP contribution in [-0.2, 0) is 23.4 Å². The molecule has 1 fully saturated rings. The molecule has 5 atom stereocenters. The van der Waals surface area contributed by atoms with Crippen LogP contribution < -0.4 is 0 Å². The average molecular weight is 548 g/mol. The minimum absolute atomic E-state index is 0.172. The molecule has 1 aliphatic heterocycles. The Bertz CT molecular complexity index is 725. The van der Waals surface area contributed by atoms with Crippen molar-refractivity contribution in [2.75, 3.05) is 25.7 Å². The summed E-state index contributed by atoms with van der Waals surface area (Å²) < 4.78 is 29.1. The van der Waals surface area contributed by atoms with Crippen molar-refractivity contribution in [2.24, 2.45) is 0 Å². The molecule has 1 aliphatic rings. The summed E-state index contributed by atoms with van der Waals surface area (Å²) >= 11 is 3.42. The highest BCUT2D eigenvalue weighted by atomic mass is 79.9. The van der Waals surface area contributed by atoms with Crippen LogP contribution in [0.25, 0.3) is 0 Å². The Kier molecular flexibility index (Phi) is 11.0. The van der Waals surface area contributed by atoms with Crippen LogP contribution in [-0.4, -0.2) is 75.8 Å². The molecule has 0 bridgehead atoms. The molecule has 0 aliphatic carbocycles. The molecule has 9 heteroatoms. The SMILES string of the molecule is CO[C@H]1O[C@H](CBr)[C@@H](OC(=O)c2ccccc2)[C@@H](OCCCCO[Si](C)(C)C(C)(C)C)[C@@H]1O. The molecule has 1 aromatic carbocycles. The van der Waals surface area contributed by atoms with E-state index in [0.717, 1.165) is 12.8 Å². The zero-order chi connectivity index (χ0) is 24.6. The molecular formula is C24H39BrO7Si. The van der Waals surface area contributed by atoms with Gasteiger partial charge in [0.05, 0.1) is 5.56 Å². The molecule has 0 amide bonds. The lowest BCUT2D eigenvalue weighted by Crippen LogP contribution is -2.60. The maximum Gasteiger partial charge on any atom is 0.338 e. The Balaban J connectivity index is 1.98. The van der Waals surface area contributed by atoms with Crippen molar-refractivity contribution >= 4 is 30.2 Å². The van der Waals surface area contributed by atoms with E-state index in [1.54, 1.807) is 24.3 Å². The Morgan fingerprint density at radius 3 is 2.33 bits per heavy atom. The van der Waals surface area contributed by atoms with Gasteiger partial charge >= 0.3 is 5.97 Å². The highest BCUT2D eigenvalue weighted by Crippen LogP contribution is 2.36. The number of benzene rings is 1. The largest absolute Gasteiger partial charge is 0.453 e. The number of methoxy groups -OCH3 is 1. The molecule has 0 saturated carbocycles. The molecule has 1 aromatic rings. The third-order valence-electron chi connectivity index (χ3n) is 6.37. The Morgan fingerprint density at radius 2 is 1.76 bits per heavy atom. The van der Waals surface area contributed by atoms with Crippen LogP contribution >= 0.6 is 15.9 Å². The number of carbonyl (C=O) groups is 1. The quantitative estimate of drug-likeness (QED) is 0.189. The van der Waals surface area contributed by atoms with Crippen molar-refractivity contribution in [1.29, 1.82) is 0 Å². The second kappa shape index (κ2) is 12.8. The maximum atomic E-state index is 12.7. The zero-order valence-electron chi connectivity index (χ0n) is 20.6. The number of halogens is 1. The number of ether oxygens (including phenoxy) is 4. The van der Waals surface area contributed by atoms with Gasteiger partial charge in [0.1, 0.15) is 18.3 Å². The van der Waals surface area contributed by atoms with Crippen LogP contribution in [0.1, 0.15) is 44.0 Å². The Labute approximate surface area is 207 Å². The van der Waals surface area contributed by atoms with Crippen LogP contribution in [0.15, 0.2) is 30.3 Å². The molecule has 1 heterocycles. The van der Waals surface area contributed by atoms with E-state index < -0.39 is 45.0 Å². The number of carbonyl (C=O) groups excluding carboxylic acids is 1. The fourth-order valence-corrected chi connectivity index (χ4v) is 4.89. The summed E-state index contributed by atoms with van der Waals surface area (Å²) in [6.45, 7) is 12.2. The van der Waals surface area contributed by atoms with E-state index >= 15 is 0 Å². The molecule has 0 radical (unpaired) electrons. The fourth-order valence-electron chi connectivity index (χ4n) is 3.28. The first-order valence-corrected chi connectivity index (χ1v) is 15.5. The van der Waals surface area contributed by atoms with Crippen molar-refractivity contribution < 1.29 is 33.3 Å². The number of aliphatic hydroxyl groups is 1. The topological polar surface area (TPSA) is 83.5 Å². The molecule has 2 rings (SSSR count). The van der Waals surface area contributed by atoms with Gasteiger partial charge in [0.25, 0.3) is 0 Å². The summed E-state index contributed by atoms with van der Waals surface area (Å²) in [5.74, 6) is -0.491. The maximum absolute atomic E-state index is 12.7. The summed E-state index contributed by atoms with van der Waals surface area (Å²) in [5, 5.41) is 11.4. The lowest BCUT2D eigenvalue weighted by molar-refractivity contribution is -0.291. The lowest BCUT2D eigenvalue weighted by Gasteiger charge is -2.43. The van der Waals surface area contributed by atoms with Gasteiger partial charge < -0.3 is 28.5 Å². The number of esters is 1. The standard InChI is InChI=1S/C24H39BrO7Si/c1-24(2,3)33(5,6)30-15-11-10-14-29-21-19(26)23(28-4)31-18(16-25)20(21)32-22(27)17-12-8-7-9-13-17/h7-9,12-13,18-21,23,26H,10-11,14-16H2,1-6H3/t18-,19+,20-,21+,23+/m1/s1. The Morgan fingerprint density at radius 1 is 1.12 bits per heavy atom. The zero-order valence-corrected chi connectivity index (χ0v) is 23.2. The number of unbranched alkanes of at least 4 members (excludes halogenated alkanes) is 1. The van der Waals surface area contributed by atoms with Crippen molar-refractivity contribution in [3.05, 3.63) is 35.9 Å². The van der Waals surface area contributed by atoms with Gasteiger partial charge in [-0.25, -0.2) is 4.79 Å². The van der Waals surface area contributed by atoms with E-state index in [1.165, 1.54) is 7.11 Å². The molecule has 0 aromatic heterocycles. The minimum atomic E-state index is -1.77. The normalized spacial score (nSPS) is 26.2. The van der Waals surface area contributed by atoms with Crippen molar-refractivity contribution in [1.82, 2.24) is 0 Å². The third-order valence-corrected chi connectivity index (χ3v) is 11.5. The second-order valence-electron chi connectivity index (χ2n) is 9.81. The summed E-state index contributed by atoms with van der Waals surface area (Å²) in [6, 6.07) is 8.73. The summed E-state index contributed by atoms with van der Waals surface area (Å²) in [7, 11) is -0.312. The highest BCUT2D eigenvalue weighted by Gasteiger charge is 2.48. The first-order chi connectivity index (χ1) is 15.5. The van der Waals surface area contributed by atoms with Crippen molar-refractivity contribution in [3.63, 3.8) is 0 Å². The molecule has 33 heavy (non-hydrogen) atoms. The van der Waals surface area contributed by atoms with E-state index in [-0.39, 0.29) is 5.04 Å². The predicted octanol–water partition coefficient (Wildman–Crippen LogP) is 4.53. The van der Waals surface area contributed by atoms with Gasteiger partial charge in [-0.3, -0.25) is 0 Å². The third kappa shape index (κ3) is 7.85. The lowest BCUT2D eigenvalue weighted by atomic mass is 9.99.